The number of rotatable bonds is 5. The average Bonchev–Trinajstić information content (AvgIpc) is 3.45. The molecule has 3 N–H and O–H groups in total. The maximum atomic E-state index is 13.8. The van der Waals surface area contributed by atoms with Gasteiger partial charge in [-0.3, -0.25) is 19.8 Å². The second kappa shape index (κ2) is 9.36. The Balaban J connectivity index is 1.31. The highest BCUT2D eigenvalue weighted by atomic mass is 19.1. The molecule has 0 radical (unpaired) electrons. The fraction of sp³-hybridized carbons (Fsp3) is 0.370. The van der Waals surface area contributed by atoms with Gasteiger partial charge >= 0.3 is 0 Å². The molecular formula is C27H28FN3O4. The summed E-state index contributed by atoms with van der Waals surface area (Å²) in [7, 11) is 0. The van der Waals surface area contributed by atoms with E-state index >= 15 is 0 Å². The Hall–Kier alpha value is -3.36. The minimum Gasteiger partial charge on any atom is -0.375 e. The SMILES string of the molecule is Cc1cc(Cc2ccc(C(=O)N[C@@H]3C[C@@]4(CCCO4)C[C@@H]3C(=O)NO)cc2)c2cc(F)ccc2n1. The van der Waals surface area contributed by atoms with Gasteiger partial charge in [0.15, 0.2) is 0 Å². The fourth-order valence-corrected chi connectivity index (χ4v) is 5.56. The van der Waals surface area contributed by atoms with Crippen LogP contribution >= 0.6 is 0 Å². The number of hydroxylamine groups is 1. The van der Waals surface area contributed by atoms with Crippen LogP contribution < -0.4 is 10.8 Å². The molecular weight excluding hydrogens is 449 g/mol. The van der Waals surface area contributed by atoms with E-state index in [4.69, 9.17) is 9.94 Å². The van der Waals surface area contributed by atoms with E-state index in [1.165, 1.54) is 12.1 Å². The average molecular weight is 478 g/mol. The summed E-state index contributed by atoms with van der Waals surface area (Å²) in [6.45, 7) is 2.56. The minimum absolute atomic E-state index is 0.278. The lowest BCUT2D eigenvalue weighted by Crippen LogP contribution is -2.43. The number of hydrogen-bond donors (Lipinski definition) is 3. The second-order valence-corrected chi connectivity index (χ2v) is 9.66. The third-order valence-electron chi connectivity index (χ3n) is 7.21. The van der Waals surface area contributed by atoms with Crippen molar-refractivity contribution in [3.8, 4) is 0 Å². The predicted molar refractivity (Wildman–Crippen MR) is 128 cm³/mol. The molecule has 7 nitrogen and oxygen atoms in total. The van der Waals surface area contributed by atoms with Crippen molar-refractivity contribution in [1.29, 1.82) is 0 Å². The highest BCUT2D eigenvalue weighted by molar-refractivity contribution is 5.95. The molecule has 5 rings (SSSR count). The lowest BCUT2D eigenvalue weighted by Gasteiger charge is -2.22. The molecule has 2 amide bonds. The highest BCUT2D eigenvalue weighted by Crippen LogP contribution is 2.44. The number of carbonyl (C=O) groups is 2. The maximum absolute atomic E-state index is 13.8. The molecule has 2 heterocycles. The fourth-order valence-electron chi connectivity index (χ4n) is 5.56. The van der Waals surface area contributed by atoms with E-state index in [1.54, 1.807) is 23.7 Å². The minimum atomic E-state index is -0.551. The molecule has 1 saturated heterocycles. The van der Waals surface area contributed by atoms with Crippen LogP contribution in [-0.4, -0.2) is 40.3 Å². The molecule has 35 heavy (non-hydrogen) atoms. The molecule has 1 aromatic heterocycles. The van der Waals surface area contributed by atoms with Gasteiger partial charge < -0.3 is 10.1 Å². The van der Waals surface area contributed by atoms with Crippen molar-refractivity contribution < 1.29 is 23.9 Å². The van der Waals surface area contributed by atoms with E-state index in [-0.39, 0.29) is 11.7 Å². The number of pyridine rings is 1. The summed E-state index contributed by atoms with van der Waals surface area (Å²) < 4.78 is 19.8. The first-order valence-electron chi connectivity index (χ1n) is 11.9. The van der Waals surface area contributed by atoms with Crippen LogP contribution in [0.5, 0.6) is 0 Å². The van der Waals surface area contributed by atoms with Gasteiger partial charge in [0, 0.05) is 29.3 Å². The standard InChI is InChI=1S/C27H28FN3O4/c1-16-11-19(21-13-20(28)7-8-23(21)29-16)12-17-3-5-18(6-4-17)25(32)30-24-15-27(9-2-10-35-27)14-22(24)26(33)31-34/h3-8,11,13,22,24,34H,2,9-10,12,14-15H2,1H3,(H,30,32)(H,31,33)/t22-,24+,27+/m0/s1. The Morgan fingerprint density at radius 1 is 1.17 bits per heavy atom. The zero-order valence-corrected chi connectivity index (χ0v) is 19.5. The Morgan fingerprint density at radius 2 is 1.97 bits per heavy atom. The van der Waals surface area contributed by atoms with Gasteiger partial charge in [-0.1, -0.05) is 12.1 Å². The van der Waals surface area contributed by atoms with Crippen LogP contribution in [0.3, 0.4) is 0 Å². The van der Waals surface area contributed by atoms with E-state index in [2.05, 4.69) is 10.3 Å². The van der Waals surface area contributed by atoms with Gasteiger partial charge in [-0.2, -0.15) is 0 Å². The summed E-state index contributed by atoms with van der Waals surface area (Å²) in [4.78, 5) is 29.7. The second-order valence-electron chi connectivity index (χ2n) is 9.66. The summed E-state index contributed by atoms with van der Waals surface area (Å²) in [6, 6.07) is 13.4. The van der Waals surface area contributed by atoms with E-state index < -0.39 is 23.5 Å². The van der Waals surface area contributed by atoms with Gasteiger partial charge in [0.1, 0.15) is 5.82 Å². The number of hydrogen-bond acceptors (Lipinski definition) is 5. The van der Waals surface area contributed by atoms with Crippen LogP contribution in [0.2, 0.25) is 0 Å². The molecule has 0 bridgehead atoms. The summed E-state index contributed by atoms with van der Waals surface area (Å²) in [6.07, 6.45) is 3.36. The predicted octanol–water partition coefficient (Wildman–Crippen LogP) is 3.84. The number of halogens is 1. The molecule has 2 aliphatic rings. The zero-order chi connectivity index (χ0) is 24.6. The van der Waals surface area contributed by atoms with Gasteiger partial charge in [0.2, 0.25) is 5.91 Å². The van der Waals surface area contributed by atoms with Gasteiger partial charge in [0.25, 0.3) is 5.91 Å². The van der Waals surface area contributed by atoms with Crippen molar-refractivity contribution in [2.24, 2.45) is 5.92 Å². The molecule has 182 valence electrons. The van der Waals surface area contributed by atoms with E-state index in [0.717, 1.165) is 40.6 Å². The number of amides is 2. The highest BCUT2D eigenvalue weighted by Gasteiger charge is 2.51. The first-order chi connectivity index (χ1) is 16.9. The molecule has 1 aliphatic heterocycles. The Morgan fingerprint density at radius 3 is 2.69 bits per heavy atom. The van der Waals surface area contributed by atoms with Crippen LogP contribution in [0.1, 0.15) is 52.9 Å². The summed E-state index contributed by atoms with van der Waals surface area (Å²) in [5.41, 5.74) is 5.36. The molecule has 2 aromatic carbocycles. The van der Waals surface area contributed by atoms with E-state index in [0.29, 0.717) is 31.4 Å². The molecule has 8 heteroatoms. The van der Waals surface area contributed by atoms with Crippen molar-refractivity contribution in [3.05, 3.63) is 76.7 Å². The summed E-state index contributed by atoms with van der Waals surface area (Å²) in [5, 5.41) is 12.9. The van der Waals surface area contributed by atoms with Gasteiger partial charge in [0.05, 0.1) is 17.0 Å². The number of aryl methyl sites for hydroxylation is 1. The number of fused-ring (bicyclic) bond motifs is 1. The number of aromatic nitrogens is 1. The van der Waals surface area contributed by atoms with Gasteiger partial charge in [-0.15, -0.1) is 0 Å². The number of benzene rings is 2. The molecule has 1 saturated carbocycles. The lowest BCUT2D eigenvalue weighted by atomic mass is 9.96. The third kappa shape index (κ3) is 4.76. The smallest absolute Gasteiger partial charge is 0.251 e. The van der Waals surface area contributed by atoms with E-state index in [1.807, 2.05) is 25.1 Å². The maximum Gasteiger partial charge on any atom is 0.251 e. The number of nitrogens with zero attached hydrogens (tertiary/aromatic N) is 1. The Labute approximate surface area is 202 Å². The monoisotopic (exact) mass is 477 g/mol. The Bertz CT molecular complexity index is 1270. The normalized spacial score (nSPS) is 23.6. The summed E-state index contributed by atoms with van der Waals surface area (Å²) >= 11 is 0. The molecule has 0 unspecified atom stereocenters. The quantitative estimate of drug-likeness (QED) is 0.383. The van der Waals surface area contributed by atoms with E-state index in [9.17, 15) is 14.0 Å². The number of ether oxygens (including phenoxy) is 1. The molecule has 3 atom stereocenters. The van der Waals surface area contributed by atoms with Crippen molar-refractivity contribution in [3.63, 3.8) is 0 Å². The zero-order valence-electron chi connectivity index (χ0n) is 19.5. The van der Waals surface area contributed by atoms with Crippen LogP contribution in [0.4, 0.5) is 4.39 Å². The number of carbonyl (C=O) groups excluding carboxylic acids is 2. The van der Waals surface area contributed by atoms with Crippen LogP contribution in [-0.2, 0) is 16.0 Å². The van der Waals surface area contributed by atoms with Crippen LogP contribution in [0.25, 0.3) is 10.9 Å². The third-order valence-corrected chi connectivity index (χ3v) is 7.21. The molecule has 1 aliphatic carbocycles. The first-order valence-corrected chi connectivity index (χ1v) is 11.9. The number of nitrogens with one attached hydrogen (secondary N) is 2. The van der Waals surface area contributed by atoms with Crippen LogP contribution in [0, 0.1) is 18.7 Å². The van der Waals surface area contributed by atoms with Gasteiger partial charge in [-0.25, -0.2) is 9.87 Å². The topological polar surface area (TPSA) is 101 Å². The van der Waals surface area contributed by atoms with Crippen LogP contribution in [0.15, 0.2) is 48.5 Å². The first kappa shape index (κ1) is 23.4. The largest absolute Gasteiger partial charge is 0.375 e. The molecule has 2 fully saturated rings. The summed E-state index contributed by atoms with van der Waals surface area (Å²) in [5.74, 6) is -1.64. The van der Waals surface area contributed by atoms with Gasteiger partial charge in [-0.05, 0) is 86.6 Å². The molecule has 3 aromatic rings. The van der Waals surface area contributed by atoms with Crippen molar-refractivity contribution in [2.45, 2.75) is 50.7 Å². The van der Waals surface area contributed by atoms with Crippen molar-refractivity contribution in [2.75, 3.05) is 6.61 Å². The van der Waals surface area contributed by atoms with Crippen molar-refractivity contribution >= 4 is 22.7 Å². The molecule has 1 spiro atoms. The van der Waals surface area contributed by atoms with Crippen molar-refractivity contribution in [1.82, 2.24) is 15.8 Å². The lowest BCUT2D eigenvalue weighted by molar-refractivity contribution is -0.134. The Kier molecular flexibility index (Phi) is 6.25.